The lowest BCUT2D eigenvalue weighted by atomic mass is 10.1. The molecule has 2 aliphatic heterocycles. The van der Waals surface area contributed by atoms with Crippen molar-refractivity contribution in [2.75, 3.05) is 33.9 Å². The summed E-state index contributed by atoms with van der Waals surface area (Å²) in [5.74, 6) is -0.195. The molecule has 2 aliphatic rings. The number of nitrogens with zero attached hydrogens (tertiary/aromatic N) is 5. The highest BCUT2D eigenvalue weighted by Gasteiger charge is 2.53. The van der Waals surface area contributed by atoms with Crippen LogP contribution >= 0.6 is 0 Å². The zero-order valence-electron chi connectivity index (χ0n) is 15.3. The predicted octanol–water partition coefficient (Wildman–Crippen LogP) is -0.228. The van der Waals surface area contributed by atoms with Gasteiger partial charge in [-0.25, -0.2) is 18.8 Å². The van der Waals surface area contributed by atoms with Gasteiger partial charge in [-0.05, 0) is 13.8 Å². The number of aryl methyl sites for hydroxylation is 1. The number of esters is 1. The molecule has 0 bridgehead atoms. The zero-order chi connectivity index (χ0) is 19.0. The van der Waals surface area contributed by atoms with Gasteiger partial charge in [0.1, 0.15) is 18.4 Å². The number of imide groups is 1. The van der Waals surface area contributed by atoms with Crippen LogP contribution in [0.2, 0.25) is 0 Å². The predicted molar refractivity (Wildman–Crippen MR) is 88.9 cm³/mol. The molecule has 140 valence electrons. The minimum atomic E-state index is -0.773. The van der Waals surface area contributed by atoms with Crippen molar-refractivity contribution in [3.8, 4) is 0 Å². The minimum Gasteiger partial charge on any atom is -0.465 e. The van der Waals surface area contributed by atoms with Crippen LogP contribution in [0.1, 0.15) is 18.7 Å². The van der Waals surface area contributed by atoms with Gasteiger partial charge >= 0.3 is 17.9 Å². The average Bonchev–Trinajstić information content (AvgIpc) is 3.10. The minimum absolute atomic E-state index is 0.182. The van der Waals surface area contributed by atoms with Crippen molar-refractivity contribution < 1.29 is 28.4 Å². The standard InChI is InChI=1S/C16H22N5O5/c1-5-26-11(22)9-21-14(23)12-13(18(3)16(21)24)17-15-19(6-7-25-4)10(2)8-20(12)15/h8,12H,5-7,9H2,1-4H3/q+1. The van der Waals surface area contributed by atoms with Crippen molar-refractivity contribution in [2.45, 2.75) is 26.4 Å². The summed E-state index contributed by atoms with van der Waals surface area (Å²) in [6, 6.07) is -1.37. The van der Waals surface area contributed by atoms with Gasteiger partial charge in [0.05, 0.1) is 19.8 Å². The highest BCUT2D eigenvalue weighted by Crippen LogP contribution is 2.29. The van der Waals surface area contributed by atoms with E-state index in [1.807, 2.05) is 17.7 Å². The number of methoxy groups -OCH3 is 1. The van der Waals surface area contributed by atoms with E-state index in [2.05, 4.69) is 4.99 Å². The molecule has 1 aromatic rings. The molecule has 3 rings (SSSR count). The first kappa shape index (κ1) is 18.1. The van der Waals surface area contributed by atoms with Crippen molar-refractivity contribution in [2.24, 2.45) is 4.99 Å². The van der Waals surface area contributed by atoms with Crippen molar-refractivity contribution >= 4 is 29.7 Å². The molecule has 26 heavy (non-hydrogen) atoms. The van der Waals surface area contributed by atoms with Crippen LogP contribution in [0.4, 0.5) is 10.7 Å². The van der Waals surface area contributed by atoms with Gasteiger partial charge in [-0.15, -0.1) is 0 Å². The lowest BCUT2D eigenvalue weighted by Gasteiger charge is -2.32. The zero-order valence-corrected chi connectivity index (χ0v) is 15.3. The molecular formula is C16H22N5O5+. The van der Waals surface area contributed by atoms with E-state index in [1.54, 1.807) is 18.6 Å². The second kappa shape index (κ2) is 6.87. The largest absolute Gasteiger partial charge is 0.465 e. The highest BCUT2D eigenvalue weighted by atomic mass is 16.5. The fourth-order valence-corrected chi connectivity index (χ4v) is 3.17. The Morgan fingerprint density at radius 2 is 2.12 bits per heavy atom. The summed E-state index contributed by atoms with van der Waals surface area (Å²) in [5.41, 5.74) is 0.921. The number of amides is 3. The number of carbonyl (C=O) groups is 3. The fourth-order valence-electron chi connectivity index (χ4n) is 3.17. The Kier molecular flexibility index (Phi) is 4.77. The SMILES string of the molecule is CCOC(=O)CN1C(=O)C2C(=Nc3n(CCOC)c(C)c[n+]32)N(C)C1=O. The average molecular weight is 364 g/mol. The second-order valence-corrected chi connectivity index (χ2v) is 6.07. The van der Waals surface area contributed by atoms with Crippen LogP contribution in [0, 0.1) is 6.92 Å². The molecule has 1 unspecified atom stereocenters. The number of hydrogen-bond acceptors (Lipinski definition) is 6. The summed E-state index contributed by atoms with van der Waals surface area (Å²) in [4.78, 5) is 44.0. The fraction of sp³-hybridized carbons (Fsp3) is 0.562. The van der Waals surface area contributed by atoms with Gasteiger partial charge in [-0.1, -0.05) is 4.99 Å². The summed E-state index contributed by atoms with van der Waals surface area (Å²) in [6.07, 6.45) is 1.82. The molecule has 0 radical (unpaired) electrons. The summed E-state index contributed by atoms with van der Waals surface area (Å²) < 4.78 is 13.6. The molecule has 1 aromatic heterocycles. The Balaban J connectivity index is 1.95. The van der Waals surface area contributed by atoms with Gasteiger partial charge in [0.2, 0.25) is 11.9 Å². The first-order valence-electron chi connectivity index (χ1n) is 8.34. The molecule has 0 N–H and O–H groups in total. The second-order valence-electron chi connectivity index (χ2n) is 6.07. The molecule has 1 fully saturated rings. The molecule has 0 aliphatic carbocycles. The van der Waals surface area contributed by atoms with E-state index in [0.717, 1.165) is 10.6 Å². The number of carbonyl (C=O) groups excluding carboxylic acids is 3. The number of fused-ring (bicyclic) bond motifs is 3. The van der Waals surface area contributed by atoms with Gasteiger partial charge in [0, 0.05) is 14.2 Å². The summed E-state index contributed by atoms with van der Waals surface area (Å²) in [7, 11) is 3.15. The number of rotatable bonds is 6. The molecular weight excluding hydrogens is 342 g/mol. The van der Waals surface area contributed by atoms with Crippen LogP contribution in [0.5, 0.6) is 0 Å². The molecule has 0 aromatic carbocycles. The maximum absolute atomic E-state index is 12.9. The van der Waals surface area contributed by atoms with Crippen molar-refractivity contribution in [1.29, 1.82) is 0 Å². The first-order valence-corrected chi connectivity index (χ1v) is 8.34. The Morgan fingerprint density at radius 3 is 2.77 bits per heavy atom. The molecule has 10 nitrogen and oxygen atoms in total. The number of aromatic nitrogens is 2. The number of imidazole rings is 1. The number of amidine groups is 1. The van der Waals surface area contributed by atoms with Crippen molar-refractivity contribution in [1.82, 2.24) is 14.4 Å². The molecule has 3 amide bonds. The maximum Gasteiger partial charge on any atom is 0.402 e. The molecule has 1 saturated heterocycles. The molecule has 10 heteroatoms. The van der Waals surface area contributed by atoms with E-state index in [1.165, 1.54) is 11.9 Å². The Morgan fingerprint density at radius 1 is 1.38 bits per heavy atom. The summed E-state index contributed by atoms with van der Waals surface area (Å²) >= 11 is 0. The van der Waals surface area contributed by atoms with E-state index < -0.39 is 30.5 Å². The summed E-state index contributed by atoms with van der Waals surface area (Å²) in [6.45, 7) is 4.41. The van der Waals surface area contributed by atoms with Crippen molar-refractivity contribution in [3.63, 3.8) is 0 Å². The topological polar surface area (TPSA) is 97.3 Å². The lowest BCUT2D eigenvalue weighted by Crippen LogP contribution is -2.63. The Bertz CT molecular complexity index is 799. The molecule has 1 atom stereocenters. The smallest absolute Gasteiger partial charge is 0.402 e. The number of urea groups is 1. The molecule has 0 saturated carbocycles. The van der Waals surface area contributed by atoms with E-state index in [9.17, 15) is 14.4 Å². The number of hydrogen-bond donors (Lipinski definition) is 0. The van der Waals surface area contributed by atoms with E-state index >= 15 is 0 Å². The van der Waals surface area contributed by atoms with Crippen LogP contribution in [0.25, 0.3) is 0 Å². The van der Waals surface area contributed by atoms with Gasteiger partial charge in [-0.3, -0.25) is 14.5 Å². The van der Waals surface area contributed by atoms with E-state index in [4.69, 9.17) is 9.47 Å². The van der Waals surface area contributed by atoms with Gasteiger partial charge in [0.25, 0.3) is 5.91 Å². The van der Waals surface area contributed by atoms with Crippen LogP contribution in [-0.2, 0) is 25.6 Å². The van der Waals surface area contributed by atoms with Crippen molar-refractivity contribution in [3.05, 3.63) is 11.9 Å². The van der Waals surface area contributed by atoms with Gasteiger partial charge in [-0.2, -0.15) is 0 Å². The number of ether oxygens (including phenoxy) is 2. The lowest BCUT2D eigenvalue weighted by molar-refractivity contribution is -0.677. The van der Waals surface area contributed by atoms with Gasteiger partial charge < -0.3 is 9.47 Å². The van der Waals surface area contributed by atoms with Crippen LogP contribution in [0.15, 0.2) is 11.2 Å². The Labute approximate surface area is 150 Å². The third-order valence-electron chi connectivity index (χ3n) is 4.43. The summed E-state index contributed by atoms with van der Waals surface area (Å²) in [5, 5.41) is 0. The Hall–Kier alpha value is -2.75. The number of likely N-dealkylation sites (N-methyl/N-ethyl adjacent to an activating group) is 1. The van der Waals surface area contributed by atoms with Crippen LogP contribution in [-0.4, -0.2) is 72.0 Å². The third-order valence-corrected chi connectivity index (χ3v) is 4.43. The quantitative estimate of drug-likeness (QED) is 0.513. The molecule has 3 heterocycles. The van der Waals surface area contributed by atoms with E-state index in [-0.39, 0.29) is 6.61 Å². The number of aliphatic imine (C=N–C) groups is 1. The third kappa shape index (κ3) is 2.75. The van der Waals surface area contributed by atoms with Crippen LogP contribution < -0.4 is 4.57 Å². The molecule has 0 spiro atoms. The monoisotopic (exact) mass is 364 g/mol. The van der Waals surface area contributed by atoms with Gasteiger partial charge in [0.15, 0.2) is 0 Å². The van der Waals surface area contributed by atoms with E-state index in [0.29, 0.717) is 24.9 Å². The highest BCUT2D eigenvalue weighted by molar-refractivity contribution is 6.19. The van der Waals surface area contributed by atoms with Crippen LogP contribution in [0.3, 0.4) is 0 Å². The maximum atomic E-state index is 12.9. The normalized spacial score (nSPS) is 18.8. The first-order chi connectivity index (χ1) is 12.4.